The van der Waals surface area contributed by atoms with Crippen LogP contribution < -0.4 is 10.6 Å². The van der Waals surface area contributed by atoms with Gasteiger partial charge in [-0.05, 0) is 41.3 Å². The second-order valence-corrected chi connectivity index (χ2v) is 10.6. The summed E-state index contributed by atoms with van der Waals surface area (Å²) in [6.07, 6.45) is -0.0434. The van der Waals surface area contributed by atoms with Crippen LogP contribution in [0.3, 0.4) is 0 Å². The van der Waals surface area contributed by atoms with Gasteiger partial charge in [-0.1, -0.05) is 46.8 Å². The molecule has 2 amide bonds. The minimum absolute atomic E-state index is 0.00248. The topological polar surface area (TPSA) is 116 Å². The molecular weight excluding hydrogens is 442 g/mol. The lowest BCUT2D eigenvalue weighted by Crippen LogP contribution is -2.30. The van der Waals surface area contributed by atoms with Crippen LogP contribution in [0.15, 0.2) is 47.4 Å². The van der Waals surface area contributed by atoms with Crippen LogP contribution >= 0.6 is 0 Å². The van der Waals surface area contributed by atoms with Crippen LogP contribution in [0, 0.1) is 0 Å². The molecule has 0 atom stereocenters. The summed E-state index contributed by atoms with van der Waals surface area (Å²) >= 11 is 0. The Balaban J connectivity index is 1.98. The molecule has 0 spiro atoms. The maximum absolute atomic E-state index is 12.7. The van der Waals surface area contributed by atoms with Gasteiger partial charge in [0.1, 0.15) is 5.75 Å². The second kappa shape index (κ2) is 10.8. The maximum Gasteiger partial charge on any atom is 0.251 e. The largest absolute Gasteiger partial charge is 0.506 e. The Morgan fingerprint density at radius 2 is 1.61 bits per heavy atom. The first kappa shape index (κ1) is 26.3. The zero-order valence-electron chi connectivity index (χ0n) is 19.8. The number of carbonyl (C=O) groups excluding carboxylic acids is 2. The van der Waals surface area contributed by atoms with Crippen LogP contribution in [0.5, 0.6) is 5.75 Å². The Morgan fingerprint density at radius 1 is 1.00 bits per heavy atom. The predicted molar refractivity (Wildman–Crippen MR) is 129 cm³/mol. The van der Waals surface area contributed by atoms with Crippen molar-refractivity contribution in [2.24, 2.45) is 0 Å². The van der Waals surface area contributed by atoms with Crippen LogP contribution in [0.1, 0.15) is 57.0 Å². The number of benzene rings is 2. The molecule has 2 aromatic carbocycles. The minimum atomic E-state index is -3.73. The lowest BCUT2D eigenvalue weighted by Gasteiger charge is -2.19. The van der Waals surface area contributed by atoms with Gasteiger partial charge in [0, 0.05) is 31.6 Å². The molecule has 0 unspecified atom stereocenters. The molecule has 0 aromatic heterocycles. The van der Waals surface area contributed by atoms with Gasteiger partial charge in [0.25, 0.3) is 5.91 Å². The Labute approximate surface area is 196 Å². The number of nitrogens with zero attached hydrogens (tertiary/aromatic N) is 1. The number of sulfonamides is 1. The lowest BCUT2D eigenvalue weighted by molar-refractivity contribution is -0.116. The molecule has 0 aliphatic heterocycles. The third-order valence-electron chi connectivity index (χ3n) is 5.24. The minimum Gasteiger partial charge on any atom is -0.506 e. The Morgan fingerprint density at radius 3 is 2.15 bits per heavy atom. The molecule has 0 heterocycles. The normalized spacial score (nSPS) is 11.9. The number of hydrogen-bond acceptors (Lipinski definition) is 5. The first-order valence-electron chi connectivity index (χ1n) is 10.9. The van der Waals surface area contributed by atoms with E-state index in [1.54, 1.807) is 26.0 Å². The van der Waals surface area contributed by atoms with Crippen LogP contribution in [0.4, 0.5) is 5.69 Å². The van der Waals surface area contributed by atoms with E-state index in [-0.39, 0.29) is 40.6 Å². The average Bonchev–Trinajstić information content (AvgIpc) is 2.75. The fraction of sp³-hybridized carbons (Fsp3) is 0.417. The zero-order valence-corrected chi connectivity index (χ0v) is 20.6. The number of aromatic hydroxyl groups is 1. The van der Waals surface area contributed by atoms with Gasteiger partial charge < -0.3 is 15.7 Å². The van der Waals surface area contributed by atoms with Crippen LogP contribution in [0.2, 0.25) is 0 Å². The van der Waals surface area contributed by atoms with Crippen molar-refractivity contribution < 1.29 is 23.1 Å². The van der Waals surface area contributed by atoms with Gasteiger partial charge in [-0.2, -0.15) is 4.31 Å². The molecule has 2 aromatic rings. The SMILES string of the molecule is CCN(CC)S(=O)(=O)c1ccc(O)c(NC(=O)CCNC(=O)c2ccc(C(C)(C)C)cc2)c1. The summed E-state index contributed by atoms with van der Waals surface area (Å²) in [5.41, 5.74) is 1.59. The van der Waals surface area contributed by atoms with Gasteiger partial charge in [-0.15, -0.1) is 0 Å². The van der Waals surface area contributed by atoms with E-state index >= 15 is 0 Å². The number of hydrogen-bond donors (Lipinski definition) is 3. The van der Waals surface area contributed by atoms with E-state index < -0.39 is 15.9 Å². The van der Waals surface area contributed by atoms with E-state index in [1.807, 2.05) is 12.1 Å². The van der Waals surface area contributed by atoms with Crippen molar-refractivity contribution in [1.29, 1.82) is 0 Å². The van der Waals surface area contributed by atoms with Crippen molar-refractivity contribution >= 4 is 27.5 Å². The van der Waals surface area contributed by atoms with Gasteiger partial charge in [0.05, 0.1) is 10.6 Å². The summed E-state index contributed by atoms with van der Waals surface area (Å²) < 4.78 is 26.7. The number of phenolic OH excluding ortho intramolecular Hbond substituents is 1. The molecule has 0 saturated heterocycles. The Bertz CT molecular complexity index is 1090. The molecule has 0 aliphatic carbocycles. The zero-order chi connectivity index (χ0) is 24.8. The molecule has 0 bridgehead atoms. The molecule has 0 aliphatic rings. The highest BCUT2D eigenvalue weighted by Crippen LogP contribution is 2.28. The third-order valence-corrected chi connectivity index (χ3v) is 7.28. The number of carbonyl (C=O) groups is 2. The van der Waals surface area contributed by atoms with E-state index in [4.69, 9.17) is 0 Å². The van der Waals surface area contributed by atoms with E-state index in [9.17, 15) is 23.1 Å². The number of anilines is 1. The summed E-state index contributed by atoms with van der Waals surface area (Å²) in [6.45, 7) is 10.4. The Hall–Kier alpha value is -2.91. The van der Waals surface area contributed by atoms with Gasteiger partial charge in [-0.3, -0.25) is 9.59 Å². The monoisotopic (exact) mass is 475 g/mol. The Kier molecular flexibility index (Phi) is 8.63. The molecular formula is C24H33N3O5S. The van der Waals surface area contributed by atoms with Crippen molar-refractivity contribution in [2.75, 3.05) is 25.0 Å². The molecule has 0 saturated carbocycles. The van der Waals surface area contributed by atoms with E-state index in [0.717, 1.165) is 5.56 Å². The van der Waals surface area contributed by atoms with Gasteiger partial charge >= 0.3 is 0 Å². The smallest absolute Gasteiger partial charge is 0.251 e. The van der Waals surface area contributed by atoms with Crippen molar-refractivity contribution in [3.8, 4) is 5.75 Å². The molecule has 180 valence electrons. The summed E-state index contributed by atoms with van der Waals surface area (Å²) in [7, 11) is -3.73. The van der Waals surface area contributed by atoms with E-state index in [0.29, 0.717) is 18.7 Å². The van der Waals surface area contributed by atoms with Crippen LogP contribution in [0.25, 0.3) is 0 Å². The van der Waals surface area contributed by atoms with Crippen LogP contribution in [-0.2, 0) is 20.2 Å². The van der Waals surface area contributed by atoms with Crippen molar-refractivity contribution in [3.05, 3.63) is 53.6 Å². The van der Waals surface area contributed by atoms with Crippen molar-refractivity contribution in [1.82, 2.24) is 9.62 Å². The second-order valence-electron chi connectivity index (χ2n) is 8.65. The number of amides is 2. The fourth-order valence-electron chi connectivity index (χ4n) is 3.21. The summed E-state index contributed by atoms with van der Waals surface area (Å²) in [4.78, 5) is 24.6. The fourth-order valence-corrected chi connectivity index (χ4v) is 4.70. The van der Waals surface area contributed by atoms with Gasteiger partial charge in [0.15, 0.2) is 0 Å². The molecule has 2 rings (SSSR count). The summed E-state index contributed by atoms with van der Waals surface area (Å²) in [6, 6.07) is 11.1. The standard InChI is InChI=1S/C24H33N3O5S/c1-6-27(7-2)33(31,32)19-12-13-21(28)20(16-19)26-22(29)14-15-25-23(30)17-8-10-18(11-9-17)24(3,4)5/h8-13,16,28H,6-7,14-15H2,1-5H3,(H,25,30)(H,26,29). The highest BCUT2D eigenvalue weighted by molar-refractivity contribution is 7.89. The summed E-state index contributed by atoms with van der Waals surface area (Å²) in [5.74, 6) is -1.01. The quantitative estimate of drug-likeness (QED) is 0.480. The molecule has 8 nitrogen and oxygen atoms in total. The highest BCUT2D eigenvalue weighted by Gasteiger charge is 2.23. The summed E-state index contributed by atoms with van der Waals surface area (Å²) in [5, 5.41) is 15.3. The number of nitrogens with one attached hydrogen (secondary N) is 2. The van der Waals surface area contributed by atoms with Crippen molar-refractivity contribution in [3.63, 3.8) is 0 Å². The average molecular weight is 476 g/mol. The first-order chi connectivity index (χ1) is 15.4. The van der Waals surface area contributed by atoms with Gasteiger partial charge in [0.2, 0.25) is 15.9 Å². The predicted octanol–water partition coefficient (Wildman–Crippen LogP) is 3.48. The van der Waals surface area contributed by atoms with Crippen LogP contribution in [-0.4, -0.2) is 49.3 Å². The molecule has 9 heteroatoms. The number of phenols is 1. The number of rotatable bonds is 9. The lowest BCUT2D eigenvalue weighted by atomic mass is 9.87. The van der Waals surface area contributed by atoms with E-state index in [2.05, 4.69) is 31.4 Å². The maximum atomic E-state index is 12.7. The third kappa shape index (κ3) is 6.79. The van der Waals surface area contributed by atoms with Gasteiger partial charge in [-0.25, -0.2) is 8.42 Å². The molecule has 0 radical (unpaired) electrons. The highest BCUT2D eigenvalue weighted by atomic mass is 32.2. The molecule has 33 heavy (non-hydrogen) atoms. The first-order valence-corrected chi connectivity index (χ1v) is 12.4. The van der Waals surface area contributed by atoms with E-state index in [1.165, 1.54) is 22.5 Å². The molecule has 0 fully saturated rings. The molecule has 3 N–H and O–H groups in total. The van der Waals surface area contributed by atoms with Crippen molar-refractivity contribution in [2.45, 2.75) is 51.3 Å².